The molecule has 118 valence electrons. The fraction of sp³-hybridized carbons (Fsp3) is 0.235. The fourth-order valence-electron chi connectivity index (χ4n) is 2.32. The van der Waals surface area contributed by atoms with E-state index in [-0.39, 0.29) is 11.2 Å². The van der Waals surface area contributed by atoms with E-state index in [0.29, 0.717) is 0 Å². The predicted molar refractivity (Wildman–Crippen MR) is 93.6 cm³/mol. The second kappa shape index (κ2) is 6.42. The molecule has 23 heavy (non-hydrogen) atoms. The molecular formula is C17H18N4OS. The highest BCUT2D eigenvalue weighted by Crippen LogP contribution is 2.26. The summed E-state index contributed by atoms with van der Waals surface area (Å²) in [6, 6.07) is 9.71. The largest absolute Gasteiger partial charge is 0.329 e. The van der Waals surface area contributed by atoms with Crippen molar-refractivity contribution in [1.82, 2.24) is 14.5 Å². The maximum Gasteiger partial charge on any atom is 0.237 e. The van der Waals surface area contributed by atoms with Crippen LogP contribution >= 0.6 is 11.8 Å². The Hall–Kier alpha value is -2.34. The molecule has 1 unspecified atom stereocenters. The van der Waals surface area contributed by atoms with Crippen molar-refractivity contribution < 1.29 is 4.79 Å². The van der Waals surface area contributed by atoms with E-state index < -0.39 is 0 Å². The predicted octanol–water partition coefficient (Wildman–Crippen LogP) is 3.40. The van der Waals surface area contributed by atoms with E-state index >= 15 is 0 Å². The van der Waals surface area contributed by atoms with Crippen LogP contribution in [0.4, 0.5) is 5.69 Å². The van der Waals surface area contributed by atoms with E-state index in [9.17, 15) is 4.79 Å². The summed E-state index contributed by atoms with van der Waals surface area (Å²) in [7, 11) is 1.92. The molecule has 1 N–H and O–H groups in total. The monoisotopic (exact) mass is 326 g/mol. The Bertz CT molecular complexity index is 859. The van der Waals surface area contributed by atoms with Crippen molar-refractivity contribution in [2.24, 2.45) is 7.05 Å². The molecule has 3 aromatic rings. The summed E-state index contributed by atoms with van der Waals surface area (Å²) in [6.07, 6.45) is 3.60. The summed E-state index contributed by atoms with van der Waals surface area (Å²) >= 11 is 1.44. The number of carbonyl (C=O) groups excluding carboxylic acids is 1. The molecule has 0 aliphatic heterocycles. The van der Waals surface area contributed by atoms with Gasteiger partial charge in [0, 0.05) is 30.5 Å². The second-order valence-corrected chi connectivity index (χ2v) is 6.71. The summed E-state index contributed by atoms with van der Waals surface area (Å²) in [4.78, 5) is 21.3. The number of aromatic nitrogens is 3. The molecule has 1 atom stereocenters. The number of hydrogen-bond acceptors (Lipinski definition) is 4. The van der Waals surface area contributed by atoms with Gasteiger partial charge in [-0.1, -0.05) is 30.0 Å². The summed E-state index contributed by atoms with van der Waals surface area (Å²) < 4.78 is 1.90. The van der Waals surface area contributed by atoms with Gasteiger partial charge in [-0.05, 0) is 26.0 Å². The van der Waals surface area contributed by atoms with Crippen LogP contribution in [0.3, 0.4) is 0 Å². The van der Waals surface area contributed by atoms with E-state index in [1.54, 1.807) is 6.20 Å². The van der Waals surface area contributed by atoms with Gasteiger partial charge in [-0.2, -0.15) is 0 Å². The van der Waals surface area contributed by atoms with E-state index in [0.717, 1.165) is 27.4 Å². The second-order valence-electron chi connectivity index (χ2n) is 5.40. The van der Waals surface area contributed by atoms with Gasteiger partial charge in [0.2, 0.25) is 5.91 Å². The van der Waals surface area contributed by atoms with E-state index in [4.69, 9.17) is 0 Å². The van der Waals surface area contributed by atoms with Gasteiger partial charge in [-0.15, -0.1) is 0 Å². The van der Waals surface area contributed by atoms with Crippen LogP contribution in [0.2, 0.25) is 0 Å². The standard InChI is InChI=1S/C17H18N4OS/c1-11-10-15(13-6-4-5-7-14(13)19-11)20-16(22)12(2)23-17-18-8-9-21(17)3/h4-10,12H,1-3H3,(H,19,20,22). The van der Waals surface area contributed by atoms with Gasteiger partial charge in [0.05, 0.1) is 16.5 Å². The molecule has 1 amide bonds. The van der Waals surface area contributed by atoms with Crippen LogP contribution in [0.5, 0.6) is 0 Å². The van der Waals surface area contributed by atoms with Gasteiger partial charge >= 0.3 is 0 Å². The van der Waals surface area contributed by atoms with Gasteiger partial charge in [0.25, 0.3) is 0 Å². The molecule has 2 aromatic heterocycles. The first-order valence-corrected chi connectivity index (χ1v) is 8.24. The number of nitrogens with one attached hydrogen (secondary N) is 1. The lowest BCUT2D eigenvalue weighted by atomic mass is 10.1. The Morgan fingerprint density at radius 2 is 2.13 bits per heavy atom. The minimum absolute atomic E-state index is 0.0475. The number of pyridine rings is 1. The van der Waals surface area contributed by atoms with E-state index in [1.807, 2.05) is 62.0 Å². The molecule has 0 saturated carbocycles. The average Bonchev–Trinajstić information content (AvgIpc) is 2.92. The first-order valence-electron chi connectivity index (χ1n) is 7.36. The maximum absolute atomic E-state index is 12.5. The first-order chi connectivity index (χ1) is 11.0. The molecule has 0 radical (unpaired) electrons. The third kappa shape index (κ3) is 3.37. The highest BCUT2D eigenvalue weighted by Gasteiger charge is 2.18. The number of thioether (sulfide) groups is 1. The van der Waals surface area contributed by atoms with Crippen LogP contribution in [0, 0.1) is 6.92 Å². The number of rotatable bonds is 4. The number of imidazole rings is 1. The van der Waals surface area contributed by atoms with Crippen LogP contribution in [0.1, 0.15) is 12.6 Å². The van der Waals surface area contributed by atoms with Crippen molar-refractivity contribution in [3.63, 3.8) is 0 Å². The molecule has 0 aliphatic carbocycles. The zero-order chi connectivity index (χ0) is 16.4. The molecule has 0 spiro atoms. The Kier molecular flexibility index (Phi) is 4.34. The number of anilines is 1. The lowest BCUT2D eigenvalue weighted by Gasteiger charge is -2.13. The molecule has 6 heteroatoms. The Morgan fingerprint density at radius 1 is 1.35 bits per heavy atom. The minimum atomic E-state index is -0.247. The molecule has 2 heterocycles. The van der Waals surface area contributed by atoms with Crippen molar-refractivity contribution in [2.75, 3.05) is 5.32 Å². The minimum Gasteiger partial charge on any atom is -0.329 e. The van der Waals surface area contributed by atoms with Gasteiger partial charge in [0.1, 0.15) is 0 Å². The number of hydrogen-bond donors (Lipinski definition) is 1. The van der Waals surface area contributed by atoms with Gasteiger partial charge < -0.3 is 9.88 Å². The van der Waals surface area contributed by atoms with E-state index in [2.05, 4.69) is 15.3 Å². The SMILES string of the molecule is Cc1cc(NC(=O)C(C)Sc2nccn2C)c2ccccc2n1. The van der Waals surface area contributed by atoms with Gasteiger partial charge in [-0.25, -0.2) is 4.98 Å². The van der Waals surface area contributed by atoms with Crippen LogP contribution < -0.4 is 5.32 Å². The summed E-state index contributed by atoms with van der Waals surface area (Å²) in [5, 5.41) is 4.54. The fourth-order valence-corrected chi connectivity index (χ4v) is 3.15. The lowest BCUT2D eigenvalue weighted by molar-refractivity contribution is -0.115. The molecule has 0 bridgehead atoms. The zero-order valence-corrected chi connectivity index (χ0v) is 14.1. The van der Waals surface area contributed by atoms with Gasteiger partial charge in [0.15, 0.2) is 5.16 Å². The highest BCUT2D eigenvalue weighted by atomic mass is 32.2. The maximum atomic E-state index is 12.5. The van der Waals surface area contributed by atoms with Crippen molar-refractivity contribution >= 4 is 34.3 Å². The number of fused-ring (bicyclic) bond motifs is 1. The van der Waals surface area contributed by atoms with Crippen molar-refractivity contribution in [3.8, 4) is 0 Å². The lowest BCUT2D eigenvalue weighted by Crippen LogP contribution is -2.23. The molecule has 1 aromatic carbocycles. The van der Waals surface area contributed by atoms with Crippen molar-refractivity contribution in [2.45, 2.75) is 24.3 Å². The quantitative estimate of drug-likeness (QED) is 0.747. The molecule has 0 saturated heterocycles. The highest BCUT2D eigenvalue weighted by molar-refractivity contribution is 8.00. The smallest absolute Gasteiger partial charge is 0.237 e. The third-order valence-corrected chi connectivity index (χ3v) is 4.70. The number of benzene rings is 1. The zero-order valence-electron chi connectivity index (χ0n) is 13.3. The molecule has 3 rings (SSSR count). The summed E-state index contributed by atoms with van der Waals surface area (Å²) in [5.41, 5.74) is 2.56. The molecule has 0 aliphatic rings. The van der Waals surface area contributed by atoms with Crippen LogP contribution in [-0.4, -0.2) is 25.7 Å². The Balaban J connectivity index is 1.81. The Morgan fingerprint density at radius 3 is 2.87 bits per heavy atom. The number of aryl methyl sites for hydroxylation is 2. The van der Waals surface area contributed by atoms with Crippen LogP contribution in [-0.2, 0) is 11.8 Å². The van der Waals surface area contributed by atoms with Crippen molar-refractivity contribution in [3.05, 3.63) is 48.4 Å². The summed E-state index contributed by atoms with van der Waals surface area (Å²) in [6.45, 7) is 3.80. The van der Waals surface area contributed by atoms with Gasteiger partial charge in [-0.3, -0.25) is 9.78 Å². The number of amides is 1. The van der Waals surface area contributed by atoms with E-state index in [1.165, 1.54) is 11.8 Å². The van der Waals surface area contributed by atoms with Crippen LogP contribution in [0.15, 0.2) is 47.9 Å². The molecular weight excluding hydrogens is 308 g/mol. The number of carbonyl (C=O) groups is 1. The summed E-state index contributed by atoms with van der Waals surface area (Å²) in [5.74, 6) is -0.0475. The molecule has 0 fully saturated rings. The number of nitrogens with zero attached hydrogens (tertiary/aromatic N) is 3. The van der Waals surface area contributed by atoms with Crippen LogP contribution in [0.25, 0.3) is 10.9 Å². The first kappa shape index (κ1) is 15.6. The Labute approximate surface area is 139 Å². The normalized spacial score (nSPS) is 12.3. The topological polar surface area (TPSA) is 59.8 Å². The van der Waals surface area contributed by atoms with Crippen molar-refractivity contribution in [1.29, 1.82) is 0 Å². The molecule has 5 nitrogen and oxygen atoms in total. The average molecular weight is 326 g/mol. The third-order valence-electron chi connectivity index (χ3n) is 3.53. The number of para-hydroxylation sites is 1.